The van der Waals surface area contributed by atoms with Crippen molar-refractivity contribution in [2.24, 2.45) is 17.8 Å². The third kappa shape index (κ3) is 5.57. The first-order valence-corrected chi connectivity index (χ1v) is 13.7. The molecule has 2 atom stereocenters. The van der Waals surface area contributed by atoms with Crippen LogP contribution in [-0.4, -0.2) is 12.7 Å². The third-order valence-corrected chi connectivity index (χ3v) is 8.99. The van der Waals surface area contributed by atoms with Crippen LogP contribution in [0.2, 0.25) is 0 Å². The minimum absolute atomic E-state index is 0.00785. The minimum atomic E-state index is -0.606. The van der Waals surface area contributed by atoms with Crippen LogP contribution < -0.4 is 0 Å². The van der Waals surface area contributed by atoms with Crippen LogP contribution in [0.15, 0.2) is 12.1 Å². The van der Waals surface area contributed by atoms with Crippen molar-refractivity contribution in [1.82, 2.24) is 0 Å². The van der Waals surface area contributed by atoms with Gasteiger partial charge in [-0.15, -0.1) is 0 Å². The Morgan fingerprint density at radius 3 is 1.69 bits per heavy atom. The molecule has 0 radical (unpaired) electrons. The highest BCUT2D eigenvalue weighted by Gasteiger charge is 2.34. The zero-order valence-corrected chi connectivity index (χ0v) is 20.4. The monoisotopic (exact) mass is 446 g/mol. The van der Waals surface area contributed by atoms with E-state index in [2.05, 4.69) is 13.8 Å². The molecule has 3 aliphatic rings. The van der Waals surface area contributed by atoms with Gasteiger partial charge < -0.3 is 4.74 Å². The molecule has 1 aromatic carbocycles. The lowest BCUT2D eigenvalue weighted by Crippen LogP contribution is -2.33. The van der Waals surface area contributed by atoms with Crippen LogP contribution >= 0.6 is 0 Å². The lowest BCUT2D eigenvalue weighted by molar-refractivity contribution is -0.0440. The summed E-state index contributed by atoms with van der Waals surface area (Å²) in [4.78, 5) is 0. The standard InChI is InChI=1S/C29H44F2O/c1-3-5-20-7-11-22(12-8-20)25-16-17-26(29(31)28(25)30)24-15-18-27(32-19-24)23-13-9-21(6-4-2)10-14-23/h16-17,20-24,27H,3-15,18-19H2,1-2H3. The fourth-order valence-corrected chi connectivity index (χ4v) is 7.03. The Balaban J connectivity index is 1.32. The molecule has 3 fully saturated rings. The molecule has 2 unspecified atom stereocenters. The maximum absolute atomic E-state index is 15.1. The van der Waals surface area contributed by atoms with Gasteiger partial charge in [-0.2, -0.15) is 0 Å². The number of hydrogen-bond acceptors (Lipinski definition) is 1. The van der Waals surface area contributed by atoms with Crippen LogP contribution in [0.3, 0.4) is 0 Å². The van der Waals surface area contributed by atoms with Crippen molar-refractivity contribution in [2.45, 2.75) is 122 Å². The summed E-state index contributed by atoms with van der Waals surface area (Å²) in [6, 6.07) is 3.76. The molecule has 1 heterocycles. The van der Waals surface area contributed by atoms with Gasteiger partial charge in [-0.05, 0) is 86.2 Å². The highest BCUT2D eigenvalue weighted by atomic mass is 19.2. The second-order valence-corrected chi connectivity index (χ2v) is 11.1. The summed E-state index contributed by atoms with van der Waals surface area (Å²) in [5.41, 5.74) is 1.15. The summed E-state index contributed by atoms with van der Waals surface area (Å²) in [6.07, 6.45) is 16.9. The van der Waals surface area contributed by atoms with E-state index in [-0.39, 0.29) is 11.8 Å². The topological polar surface area (TPSA) is 9.23 Å². The molecule has 1 nitrogen and oxygen atoms in total. The molecular weight excluding hydrogens is 402 g/mol. The highest BCUT2D eigenvalue weighted by molar-refractivity contribution is 5.32. The average Bonchev–Trinajstić information content (AvgIpc) is 2.83. The largest absolute Gasteiger partial charge is 0.377 e. The zero-order valence-electron chi connectivity index (χ0n) is 20.4. The first kappa shape index (κ1) is 24.2. The summed E-state index contributed by atoms with van der Waals surface area (Å²) in [5, 5.41) is 0. The molecule has 4 rings (SSSR count). The van der Waals surface area contributed by atoms with E-state index in [4.69, 9.17) is 4.74 Å². The maximum atomic E-state index is 15.1. The van der Waals surface area contributed by atoms with Crippen molar-refractivity contribution in [3.63, 3.8) is 0 Å². The Morgan fingerprint density at radius 2 is 1.19 bits per heavy atom. The molecule has 2 aliphatic carbocycles. The Bertz CT molecular complexity index is 708. The van der Waals surface area contributed by atoms with E-state index in [9.17, 15) is 0 Å². The third-order valence-electron chi connectivity index (χ3n) is 8.99. The molecule has 0 N–H and O–H groups in total. The lowest BCUT2D eigenvalue weighted by atomic mass is 9.75. The van der Waals surface area contributed by atoms with Crippen molar-refractivity contribution in [2.75, 3.05) is 6.61 Å². The van der Waals surface area contributed by atoms with Gasteiger partial charge in [-0.3, -0.25) is 0 Å². The molecule has 1 aromatic rings. The fraction of sp³-hybridized carbons (Fsp3) is 0.793. The molecule has 0 aromatic heterocycles. The van der Waals surface area contributed by atoms with Crippen LogP contribution in [-0.2, 0) is 4.74 Å². The van der Waals surface area contributed by atoms with Gasteiger partial charge in [0.05, 0.1) is 12.7 Å². The zero-order chi connectivity index (χ0) is 22.5. The van der Waals surface area contributed by atoms with Crippen LogP contribution in [0.25, 0.3) is 0 Å². The van der Waals surface area contributed by atoms with Gasteiger partial charge in [0.25, 0.3) is 0 Å². The van der Waals surface area contributed by atoms with Gasteiger partial charge in [0, 0.05) is 5.92 Å². The molecule has 180 valence electrons. The Labute approximate surface area is 194 Å². The van der Waals surface area contributed by atoms with E-state index in [1.54, 1.807) is 0 Å². The van der Waals surface area contributed by atoms with Gasteiger partial charge in [0.1, 0.15) is 0 Å². The molecule has 2 saturated carbocycles. The van der Waals surface area contributed by atoms with Crippen molar-refractivity contribution in [1.29, 1.82) is 0 Å². The fourth-order valence-electron chi connectivity index (χ4n) is 7.03. The predicted molar refractivity (Wildman–Crippen MR) is 128 cm³/mol. The lowest BCUT2D eigenvalue weighted by Gasteiger charge is -2.38. The molecule has 0 amide bonds. The summed E-state index contributed by atoms with van der Waals surface area (Å²) in [5.74, 6) is 1.33. The summed E-state index contributed by atoms with van der Waals surface area (Å²) >= 11 is 0. The van der Waals surface area contributed by atoms with Gasteiger partial charge in [-0.1, -0.05) is 64.5 Å². The molecule has 32 heavy (non-hydrogen) atoms. The Morgan fingerprint density at radius 1 is 0.688 bits per heavy atom. The SMILES string of the molecule is CCCC1CCC(c2ccc(C3CCC(C4CCC(CCC)CC4)OC3)c(F)c2F)CC1. The molecular formula is C29H44F2O. The van der Waals surface area contributed by atoms with Crippen LogP contribution in [0.1, 0.15) is 127 Å². The van der Waals surface area contributed by atoms with Gasteiger partial charge >= 0.3 is 0 Å². The Hall–Kier alpha value is -0.960. The molecule has 0 spiro atoms. The number of hydrogen-bond donors (Lipinski definition) is 0. The summed E-state index contributed by atoms with van der Waals surface area (Å²) < 4.78 is 36.5. The first-order valence-electron chi connectivity index (χ1n) is 13.7. The van der Waals surface area contributed by atoms with Gasteiger partial charge in [-0.25, -0.2) is 8.78 Å². The van der Waals surface area contributed by atoms with Crippen molar-refractivity contribution in [3.05, 3.63) is 34.9 Å². The molecule has 0 bridgehead atoms. The van der Waals surface area contributed by atoms with E-state index < -0.39 is 11.6 Å². The van der Waals surface area contributed by atoms with E-state index in [0.29, 0.717) is 29.8 Å². The van der Waals surface area contributed by atoms with Gasteiger partial charge in [0.2, 0.25) is 0 Å². The van der Waals surface area contributed by atoms with Crippen molar-refractivity contribution in [3.8, 4) is 0 Å². The quantitative estimate of drug-likeness (QED) is 0.406. The van der Waals surface area contributed by atoms with Crippen LogP contribution in [0.5, 0.6) is 0 Å². The van der Waals surface area contributed by atoms with E-state index in [1.165, 1.54) is 51.4 Å². The first-order chi connectivity index (χ1) is 15.6. The molecule has 1 saturated heterocycles. The second-order valence-electron chi connectivity index (χ2n) is 11.1. The number of benzene rings is 1. The number of halogens is 2. The molecule has 1 aliphatic heterocycles. The van der Waals surface area contributed by atoms with Crippen LogP contribution in [0, 0.1) is 29.4 Å². The number of ether oxygens (including phenoxy) is 1. The summed E-state index contributed by atoms with van der Waals surface area (Å²) in [6.45, 7) is 5.05. The normalized spacial score (nSPS) is 33.9. The summed E-state index contributed by atoms with van der Waals surface area (Å²) in [7, 11) is 0. The number of rotatable bonds is 7. The molecule has 3 heteroatoms. The van der Waals surface area contributed by atoms with E-state index >= 15 is 8.78 Å². The van der Waals surface area contributed by atoms with Crippen LogP contribution in [0.4, 0.5) is 8.78 Å². The van der Waals surface area contributed by atoms with Crippen molar-refractivity contribution < 1.29 is 13.5 Å². The van der Waals surface area contributed by atoms with E-state index in [1.807, 2.05) is 12.1 Å². The highest BCUT2D eigenvalue weighted by Crippen LogP contribution is 2.42. The average molecular weight is 447 g/mol. The maximum Gasteiger partial charge on any atom is 0.162 e. The Kier molecular flexibility index (Phi) is 8.65. The second kappa shape index (κ2) is 11.4. The van der Waals surface area contributed by atoms with E-state index in [0.717, 1.165) is 50.4 Å². The van der Waals surface area contributed by atoms with Crippen molar-refractivity contribution >= 4 is 0 Å². The smallest absolute Gasteiger partial charge is 0.162 e. The minimum Gasteiger partial charge on any atom is -0.377 e. The van der Waals surface area contributed by atoms with Gasteiger partial charge in [0.15, 0.2) is 11.6 Å². The predicted octanol–water partition coefficient (Wildman–Crippen LogP) is 8.91.